The maximum absolute atomic E-state index is 12.8. The highest BCUT2D eigenvalue weighted by atomic mass is 32.1. The second-order valence-corrected chi connectivity index (χ2v) is 7.62. The number of H-pyrrole nitrogens is 2. The zero-order chi connectivity index (χ0) is 18.2. The number of thiophene rings is 1. The number of piperazine rings is 1. The molecule has 5 rings (SSSR count). The molecule has 1 amide bonds. The summed E-state index contributed by atoms with van der Waals surface area (Å²) in [6.07, 6.45) is 1.89. The molecule has 1 aromatic carbocycles. The first-order valence-corrected chi connectivity index (χ1v) is 9.86. The Morgan fingerprint density at radius 3 is 2.78 bits per heavy atom. The van der Waals surface area contributed by atoms with Crippen LogP contribution in [0.25, 0.3) is 21.5 Å². The van der Waals surface area contributed by atoms with Gasteiger partial charge in [0.1, 0.15) is 0 Å². The van der Waals surface area contributed by atoms with Gasteiger partial charge in [0.2, 0.25) is 0 Å². The highest BCUT2D eigenvalue weighted by Crippen LogP contribution is 2.26. The summed E-state index contributed by atoms with van der Waals surface area (Å²) in [4.78, 5) is 21.3. The van der Waals surface area contributed by atoms with Gasteiger partial charge in [-0.2, -0.15) is 5.10 Å². The van der Waals surface area contributed by atoms with E-state index < -0.39 is 0 Å². The van der Waals surface area contributed by atoms with Gasteiger partial charge in [-0.15, -0.1) is 11.3 Å². The smallest absolute Gasteiger partial charge is 0.253 e. The second-order valence-electron chi connectivity index (χ2n) is 6.68. The van der Waals surface area contributed by atoms with Crippen molar-refractivity contribution in [3.63, 3.8) is 0 Å². The number of nitrogens with one attached hydrogen (secondary N) is 2. The number of hydrogen-bond donors (Lipinski definition) is 2. The summed E-state index contributed by atoms with van der Waals surface area (Å²) in [5.41, 5.74) is 2.84. The maximum Gasteiger partial charge on any atom is 0.253 e. The Labute approximate surface area is 160 Å². The number of amides is 1. The summed E-state index contributed by atoms with van der Waals surface area (Å²) in [5, 5.41) is 10.7. The van der Waals surface area contributed by atoms with Crippen LogP contribution in [0.2, 0.25) is 0 Å². The molecule has 1 aliphatic heterocycles. The van der Waals surface area contributed by atoms with Gasteiger partial charge in [-0.3, -0.25) is 9.89 Å². The van der Waals surface area contributed by atoms with Crippen LogP contribution in [0.1, 0.15) is 10.4 Å². The summed E-state index contributed by atoms with van der Waals surface area (Å²) >= 11 is 1.69. The fourth-order valence-corrected chi connectivity index (χ4v) is 4.23. The lowest BCUT2D eigenvalue weighted by molar-refractivity contribution is 0.0746. The summed E-state index contributed by atoms with van der Waals surface area (Å²) in [6, 6.07) is 14.0. The lowest BCUT2D eigenvalue weighted by Gasteiger charge is -2.34. The predicted octanol–water partition coefficient (Wildman–Crippen LogP) is 3.58. The molecule has 0 unspecified atom stereocenters. The van der Waals surface area contributed by atoms with Gasteiger partial charge < -0.3 is 14.8 Å². The molecule has 27 heavy (non-hydrogen) atoms. The van der Waals surface area contributed by atoms with Gasteiger partial charge in [0, 0.05) is 54.9 Å². The van der Waals surface area contributed by atoms with E-state index in [-0.39, 0.29) is 5.91 Å². The minimum Gasteiger partial charge on any atom is -0.361 e. The third kappa shape index (κ3) is 3.00. The molecule has 1 fully saturated rings. The summed E-state index contributed by atoms with van der Waals surface area (Å²) < 4.78 is 0. The van der Waals surface area contributed by atoms with Crippen LogP contribution < -0.4 is 4.90 Å². The molecular formula is C20H19N5OS. The molecule has 0 radical (unpaired) electrons. The van der Waals surface area contributed by atoms with Gasteiger partial charge in [0.25, 0.3) is 5.91 Å². The molecule has 7 heteroatoms. The average Bonchev–Trinajstić information content (AvgIpc) is 3.48. The minimum atomic E-state index is 0.0963. The number of benzene rings is 1. The standard InChI is InChI=1S/C20H19N5OS/c26-20(15-3-4-16-14(12-15)5-6-21-16)25-9-7-24(8-10-25)19-13-17(22-23-19)18-2-1-11-27-18/h1-6,11-13,21H,7-10H2,(H,22,23). The molecule has 0 bridgehead atoms. The molecule has 0 saturated carbocycles. The van der Waals surface area contributed by atoms with Crippen molar-refractivity contribution in [1.29, 1.82) is 0 Å². The molecule has 0 spiro atoms. The maximum atomic E-state index is 12.8. The van der Waals surface area contributed by atoms with Crippen LogP contribution in [0.5, 0.6) is 0 Å². The van der Waals surface area contributed by atoms with E-state index in [0.29, 0.717) is 13.1 Å². The topological polar surface area (TPSA) is 68.0 Å². The molecule has 4 aromatic rings. The highest BCUT2D eigenvalue weighted by Gasteiger charge is 2.23. The first kappa shape index (κ1) is 16.1. The molecule has 4 heterocycles. The van der Waals surface area contributed by atoms with Gasteiger partial charge >= 0.3 is 0 Å². The van der Waals surface area contributed by atoms with Crippen molar-refractivity contribution in [1.82, 2.24) is 20.1 Å². The monoisotopic (exact) mass is 377 g/mol. The van der Waals surface area contributed by atoms with E-state index in [4.69, 9.17) is 0 Å². The number of nitrogens with zero attached hydrogens (tertiary/aromatic N) is 3. The zero-order valence-electron chi connectivity index (χ0n) is 14.7. The quantitative estimate of drug-likeness (QED) is 0.573. The van der Waals surface area contributed by atoms with Crippen LogP contribution in [0.15, 0.2) is 54.0 Å². The summed E-state index contributed by atoms with van der Waals surface area (Å²) in [5.74, 6) is 1.04. The number of carbonyl (C=O) groups excluding carboxylic acids is 1. The van der Waals surface area contributed by atoms with E-state index in [1.54, 1.807) is 11.3 Å². The first-order valence-electron chi connectivity index (χ1n) is 8.98. The van der Waals surface area contributed by atoms with Crippen molar-refractivity contribution in [3.05, 3.63) is 59.6 Å². The number of carbonyl (C=O) groups is 1. The van der Waals surface area contributed by atoms with E-state index in [1.807, 2.05) is 41.4 Å². The van der Waals surface area contributed by atoms with E-state index in [0.717, 1.165) is 41.1 Å². The molecule has 136 valence electrons. The van der Waals surface area contributed by atoms with E-state index in [9.17, 15) is 4.79 Å². The normalized spacial score (nSPS) is 14.8. The zero-order valence-corrected chi connectivity index (χ0v) is 15.5. The summed E-state index contributed by atoms with van der Waals surface area (Å²) in [7, 11) is 0. The Balaban J connectivity index is 1.26. The Hall–Kier alpha value is -3.06. The Morgan fingerprint density at radius 1 is 1.07 bits per heavy atom. The van der Waals surface area contributed by atoms with Crippen LogP contribution in [0.3, 0.4) is 0 Å². The Bertz CT molecular complexity index is 1070. The highest BCUT2D eigenvalue weighted by molar-refractivity contribution is 7.13. The number of anilines is 1. The number of fused-ring (bicyclic) bond motifs is 1. The predicted molar refractivity (Wildman–Crippen MR) is 108 cm³/mol. The molecule has 2 N–H and O–H groups in total. The van der Waals surface area contributed by atoms with Gasteiger partial charge in [-0.05, 0) is 35.7 Å². The van der Waals surface area contributed by atoms with Crippen LogP contribution >= 0.6 is 11.3 Å². The fraction of sp³-hybridized carbons (Fsp3) is 0.200. The Morgan fingerprint density at radius 2 is 1.96 bits per heavy atom. The van der Waals surface area contributed by atoms with Crippen molar-refractivity contribution in [2.45, 2.75) is 0 Å². The Kier molecular flexibility index (Phi) is 3.94. The van der Waals surface area contributed by atoms with Crippen molar-refractivity contribution in [2.75, 3.05) is 31.1 Å². The minimum absolute atomic E-state index is 0.0963. The molecule has 1 saturated heterocycles. The molecule has 1 aliphatic rings. The number of hydrogen-bond acceptors (Lipinski definition) is 4. The van der Waals surface area contributed by atoms with E-state index in [1.165, 1.54) is 4.88 Å². The van der Waals surface area contributed by atoms with Crippen LogP contribution in [0, 0.1) is 0 Å². The SMILES string of the molecule is O=C(c1ccc2[nH]ccc2c1)N1CCN(c2cc(-c3cccs3)[nH]n2)CC1. The van der Waals surface area contributed by atoms with Gasteiger partial charge in [0.05, 0.1) is 10.6 Å². The van der Waals surface area contributed by atoms with Gasteiger partial charge in [-0.1, -0.05) is 6.07 Å². The summed E-state index contributed by atoms with van der Waals surface area (Å²) in [6.45, 7) is 2.97. The lowest BCUT2D eigenvalue weighted by atomic mass is 10.1. The van der Waals surface area contributed by atoms with Gasteiger partial charge in [-0.25, -0.2) is 0 Å². The molecule has 3 aromatic heterocycles. The molecular weight excluding hydrogens is 358 g/mol. The van der Waals surface area contributed by atoms with Crippen molar-refractivity contribution >= 4 is 34.0 Å². The van der Waals surface area contributed by atoms with Crippen molar-refractivity contribution in [2.24, 2.45) is 0 Å². The average molecular weight is 377 g/mol. The van der Waals surface area contributed by atoms with Crippen LogP contribution in [-0.2, 0) is 0 Å². The van der Waals surface area contributed by atoms with E-state index in [2.05, 4.69) is 37.6 Å². The number of rotatable bonds is 3. The van der Waals surface area contributed by atoms with Crippen molar-refractivity contribution in [3.8, 4) is 10.6 Å². The molecule has 0 atom stereocenters. The fourth-order valence-electron chi connectivity index (χ4n) is 3.54. The number of aromatic amines is 2. The van der Waals surface area contributed by atoms with Crippen LogP contribution in [0.4, 0.5) is 5.82 Å². The third-order valence-corrected chi connectivity index (χ3v) is 5.95. The largest absolute Gasteiger partial charge is 0.361 e. The number of aromatic nitrogens is 3. The molecule has 0 aliphatic carbocycles. The third-order valence-electron chi connectivity index (χ3n) is 5.04. The van der Waals surface area contributed by atoms with Gasteiger partial charge in [0.15, 0.2) is 5.82 Å². The second kappa shape index (κ2) is 6.59. The van der Waals surface area contributed by atoms with Crippen LogP contribution in [-0.4, -0.2) is 52.2 Å². The first-order chi connectivity index (χ1) is 13.3. The van der Waals surface area contributed by atoms with E-state index >= 15 is 0 Å². The molecule has 6 nitrogen and oxygen atoms in total. The van der Waals surface area contributed by atoms with Crippen molar-refractivity contribution < 1.29 is 4.79 Å². The lowest BCUT2D eigenvalue weighted by Crippen LogP contribution is -2.48.